The van der Waals surface area contributed by atoms with E-state index in [4.69, 9.17) is 0 Å². The Morgan fingerprint density at radius 3 is 2.65 bits per heavy atom. The summed E-state index contributed by atoms with van der Waals surface area (Å²) >= 11 is 0. The molecular formula is C15H14N2O3. The predicted molar refractivity (Wildman–Crippen MR) is 74.8 cm³/mol. The van der Waals surface area contributed by atoms with Crippen molar-refractivity contribution in [1.29, 1.82) is 0 Å². The molecule has 5 nitrogen and oxygen atoms in total. The number of hydrogen-bond donors (Lipinski definition) is 1. The molecule has 1 N–H and O–H groups in total. The van der Waals surface area contributed by atoms with Crippen molar-refractivity contribution in [2.45, 2.75) is 24.9 Å². The highest BCUT2D eigenvalue weighted by Gasteiger charge is 2.38. The van der Waals surface area contributed by atoms with Crippen LogP contribution >= 0.6 is 0 Å². The zero-order chi connectivity index (χ0) is 14.1. The summed E-state index contributed by atoms with van der Waals surface area (Å²) < 4.78 is 0. The zero-order valence-electron chi connectivity index (χ0n) is 10.8. The molecule has 2 atom stereocenters. The molecule has 0 aliphatic carbocycles. The molecule has 0 saturated carbocycles. The van der Waals surface area contributed by atoms with E-state index in [-0.39, 0.29) is 23.7 Å². The average Bonchev–Trinajstić information content (AvgIpc) is 2.46. The number of nitrogens with one attached hydrogen (secondary N) is 1. The molecule has 5 heteroatoms. The van der Waals surface area contributed by atoms with Gasteiger partial charge in [-0.15, -0.1) is 0 Å². The number of hydrogen-bond acceptors (Lipinski definition) is 3. The van der Waals surface area contributed by atoms with Gasteiger partial charge in [0, 0.05) is 17.8 Å². The third-order valence-corrected chi connectivity index (χ3v) is 3.77. The monoisotopic (exact) mass is 270 g/mol. The van der Waals surface area contributed by atoms with Gasteiger partial charge in [-0.3, -0.25) is 14.9 Å². The number of benzene rings is 2. The molecule has 1 amide bonds. The molecular weight excluding hydrogens is 256 g/mol. The van der Waals surface area contributed by atoms with E-state index in [1.807, 2.05) is 42.5 Å². The second kappa shape index (κ2) is 4.92. The third kappa shape index (κ3) is 2.22. The lowest BCUT2D eigenvalue weighted by Gasteiger charge is -2.27. The van der Waals surface area contributed by atoms with Crippen LogP contribution in [0.4, 0.5) is 0 Å². The molecule has 1 aliphatic rings. The first-order valence-electron chi connectivity index (χ1n) is 6.57. The normalized spacial score (nSPS) is 22.5. The first kappa shape index (κ1) is 12.6. The van der Waals surface area contributed by atoms with Gasteiger partial charge in [0.1, 0.15) is 6.04 Å². The molecule has 1 saturated heterocycles. The highest BCUT2D eigenvalue weighted by molar-refractivity contribution is 5.83. The molecule has 2 aromatic carbocycles. The Hall–Kier alpha value is -2.43. The van der Waals surface area contributed by atoms with Gasteiger partial charge in [-0.25, -0.2) is 0 Å². The fraction of sp³-hybridized carbons (Fsp3) is 0.267. The van der Waals surface area contributed by atoms with Crippen molar-refractivity contribution >= 4 is 16.7 Å². The summed E-state index contributed by atoms with van der Waals surface area (Å²) in [7, 11) is 0. The zero-order valence-corrected chi connectivity index (χ0v) is 10.8. The number of amides is 1. The maximum Gasteiger partial charge on any atom is 0.237 e. The Kier molecular flexibility index (Phi) is 3.10. The van der Waals surface area contributed by atoms with Gasteiger partial charge < -0.3 is 5.32 Å². The summed E-state index contributed by atoms with van der Waals surface area (Å²) in [6.07, 6.45) is 0.506. The Morgan fingerprint density at radius 2 is 1.90 bits per heavy atom. The van der Waals surface area contributed by atoms with Crippen LogP contribution in [0.1, 0.15) is 24.4 Å². The van der Waals surface area contributed by atoms with Gasteiger partial charge >= 0.3 is 0 Å². The standard InChI is InChI=1S/C15H14N2O3/c18-14-8-7-13(17(19)20)15(16-14)12-6-5-10-3-1-2-4-11(10)9-12/h1-6,9,13,15H,7-8H2,(H,16,18). The van der Waals surface area contributed by atoms with E-state index in [0.717, 1.165) is 16.3 Å². The molecule has 0 bridgehead atoms. The highest BCUT2D eigenvalue weighted by Crippen LogP contribution is 2.28. The summed E-state index contributed by atoms with van der Waals surface area (Å²) in [5.41, 5.74) is 0.790. The molecule has 2 unspecified atom stereocenters. The van der Waals surface area contributed by atoms with Crippen molar-refractivity contribution in [1.82, 2.24) is 5.32 Å². The van der Waals surface area contributed by atoms with Crippen molar-refractivity contribution in [3.63, 3.8) is 0 Å². The first-order valence-corrected chi connectivity index (χ1v) is 6.57. The maximum absolute atomic E-state index is 11.5. The minimum Gasteiger partial charge on any atom is -0.343 e. The van der Waals surface area contributed by atoms with E-state index >= 15 is 0 Å². The smallest absolute Gasteiger partial charge is 0.237 e. The molecule has 2 aromatic rings. The van der Waals surface area contributed by atoms with Gasteiger partial charge in [-0.2, -0.15) is 0 Å². The lowest BCUT2D eigenvalue weighted by atomic mass is 9.91. The highest BCUT2D eigenvalue weighted by atomic mass is 16.6. The van der Waals surface area contributed by atoms with Crippen LogP contribution in [0.3, 0.4) is 0 Å². The third-order valence-electron chi connectivity index (χ3n) is 3.77. The van der Waals surface area contributed by atoms with Crippen LogP contribution < -0.4 is 5.32 Å². The topological polar surface area (TPSA) is 72.2 Å². The van der Waals surface area contributed by atoms with Crippen molar-refractivity contribution in [3.8, 4) is 0 Å². The number of fused-ring (bicyclic) bond motifs is 1. The quantitative estimate of drug-likeness (QED) is 0.673. The molecule has 102 valence electrons. The molecule has 3 rings (SSSR count). The van der Waals surface area contributed by atoms with Crippen LogP contribution in [0, 0.1) is 10.1 Å². The van der Waals surface area contributed by atoms with Crippen molar-refractivity contribution in [2.75, 3.05) is 0 Å². The summed E-state index contributed by atoms with van der Waals surface area (Å²) in [4.78, 5) is 22.4. The Labute approximate surface area is 115 Å². The van der Waals surface area contributed by atoms with Crippen LogP contribution in [0.2, 0.25) is 0 Å². The van der Waals surface area contributed by atoms with E-state index in [1.54, 1.807) is 0 Å². The van der Waals surface area contributed by atoms with Gasteiger partial charge in [0.25, 0.3) is 0 Å². The van der Waals surface area contributed by atoms with Gasteiger partial charge in [0.2, 0.25) is 11.9 Å². The number of carbonyl (C=O) groups excluding carboxylic acids is 1. The van der Waals surface area contributed by atoms with E-state index in [0.29, 0.717) is 0 Å². The second-order valence-electron chi connectivity index (χ2n) is 5.04. The predicted octanol–water partition coefficient (Wildman–Crippen LogP) is 2.44. The van der Waals surface area contributed by atoms with E-state index in [9.17, 15) is 14.9 Å². The van der Waals surface area contributed by atoms with Crippen LogP contribution in [0.25, 0.3) is 10.8 Å². The van der Waals surface area contributed by atoms with Gasteiger partial charge in [-0.05, 0) is 22.4 Å². The summed E-state index contributed by atoms with van der Waals surface area (Å²) in [5, 5.41) is 16.0. The van der Waals surface area contributed by atoms with Gasteiger partial charge in [0.05, 0.1) is 0 Å². The summed E-state index contributed by atoms with van der Waals surface area (Å²) in [5.74, 6) is -0.124. The van der Waals surface area contributed by atoms with E-state index < -0.39 is 12.1 Å². The fourth-order valence-corrected chi connectivity index (χ4v) is 2.72. The molecule has 20 heavy (non-hydrogen) atoms. The molecule has 1 aliphatic heterocycles. The van der Waals surface area contributed by atoms with E-state index in [2.05, 4.69) is 5.32 Å². The lowest BCUT2D eigenvalue weighted by molar-refractivity contribution is -0.529. The van der Waals surface area contributed by atoms with Crippen LogP contribution in [-0.2, 0) is 4.79 Å². The second-order valence-corrected chi connectivity index (χ2v) is 5.04. The Morgan fingerprint density at radius 1 is 1.15 bits per heavy atom. The van der Waals surface area contributed by atoms with Crippen LogP contribution in [0.5, 0.6) is 0 Å². The molecule has 0 radical (unpaired) electrons. The number of rotatable bonds is 2. The largest absolute Gasteiger partial charge is 0.343 e. The van der Waals surface area contributed by atoms with Gasteiger partial charge in [0.15, 0.2) is 0 Å². The van der Waals surface area contributed by atoms with E-state index in [1.165, 1.54) is 0 Å². The lowest BCUT2D eigenvalue weighted by Crippen LogP contribution is -2.45. The number of nitrogens with zero attached hydrogens (tertiary/aromatic N) is 1. The molecule has 1 heterocycles. The van der Waals surface area contributed by atoms with Crippen LogP contribution in [-0.4, -0.2) is 16.9 Å². The Balaban J connectivity index is 2.02. The Bertz CT molecular complexity index is 684. The number of carbonyl (C=O) groups is 1. The minimum absolute atomic E-state index is 0.124. The summed E-state index contributed by atoms with van der Waals surface area (Å²) in [6.45, 7) is 0. The minimum atomic E-state index is -0.756. The van der Waals surface area contributed by atoms with Crippen molar-refractivity contribution < 1.29 is 9.72 Å². The van der Waals surface area contributed by atoms with Crippen LogP contribution in [0.15, 0.2) is 42.5 Å². The SMILES string of the molecule is O=C1CCC([N+](=O)[O-])C(c2ccc3ccccc3c2)N1. The first-order chi connectivity index (χ1) is 9.65. The number of piperidine rings is 1. The molecule has 1 fully saturated rings. The molecule has 0 spiro atoms. The molecule has 0 aromatic heterocycles. The van der Waals surface area contributed by atoms with Crippen molar-refractivity contribution in [3.05, 3.63) is 58.1 Å². The van der Waals surface area contributed by atoms with Gasteiger partial charge in [-0.1, -0.05) is 36.4 Å². The average molecular weight is 270 g/mol. The van der Waals surface area contributed by atoms with Crippen molar-refractivity contribution in [2.24, 2.45) is 0 Å². The maximum atomic E-state index is 11.5. The number of nitro groups is 1. The fourth-order valence-electron chi connectivity index (χ4n) is 2.72. The summed E-state index contributed by atoms with van der Waals surface area (Å²) in [6, 6.07) is 12.2.